The molecule has 2 aromatic heterocycles. The van der Waals surface area contributed by atoms with E-state index in [0.717, 1.165) is 29.1 Å². The summed E-state index contributed by atoms with van der Waals surface area (Å²) < 4.78 is 1.76. The number of rotatable bonds is 5. The molecule has 0 aliphatic heterocycles. The molecule has 1 unspecified atom stereocenters. The Hall–Kier alpha value is -1.69. The van der Waals surface area contributed by atoms with Crippen LogP contribution in [0, 0.1) is 5.92 Å². The standard InChI is InChI=1S/C17H22N2O3S/c1-4-12-18-15-14(16(20)19(12)8-7-9(2)3)13-10(17(21)22)5-6-11(13)23-15/h9-10H,4-8H2,1-3H3,(H,21,22). The van der Waals surface area contributed by atoms with E-state index in [0.29, 0.717) is 35.5 Å². The molecular weight excluding hydrogens is 312 g/mol. The number of thiophene rings is 1. The van der Waals surface area contributed by atoms with Gasteiger partial charge in [0.15, 0.2) is 0 Å². The third-order valence-corrected chi connectivity index (χ3v) is 5.72. The molecule has 1 N–H and O–H groups in total. The first-order valence-electron chi connectivity index (χ1n) is 8.21. The first-order chi connectivity index (χ1) is 10.9. The van der Waals surface area contributed by atoms with Gasteiger partial charge < -0.3 is 5.11 Å². The van der Waals surface area contributed by atoms with Crippen molar-refractivity contribution in [1.29, 1.82) is 0 Å². The summed E-state index contributed by atoms with van der Waals surface area (Å²) >= 11 is 1.50. The second-order valence-corrected chi connectivity index (χ2v) is 7.65. The van der Waals surface area contributed by atoms with Gasteiger partial charge in [0, 0.05) is 17.8 Å². The van der Waals surface area contributed by atoms with Crippen LogP contribution in [-0.2, 0) is 24.2 Å². The highest BCUT2D eigenvalue weighted by atomic mass is 32.1. The van der Waals surface area contributed by atoms with Crippen LogP contribution in [0.4, 0.5) is 0 Å². The second kappa shape index (κ2) is 6.07. The molecular formula is C17H22N2O3S. The largest absolute Gasteiger partial charge is 0.481 e. The van der Waals surface area contributed by atoms with Gasteiger partial charge >= 0.3 is 5.97 Å². The van der Waals surface area contributed by atoms with Gasteiger partial charge in [0.2, 0.25) is 0 Å². The average Bonchev–Trinajstić information content (AvgIpc) is 3.03. The lowest BCUT2D eigenvalue weighted by Gasteiger charge is -2.13. The summed E-state index contributed by atoms with van der Waals surface area (Å²) in [4.78, 5) is 31.0. The van der Waals surface area contributed by atoms with Crippen LogP contribution >= 0.6 is 11.3 Å². The highest BCUT2D eigenvalue weighted by Crippen LogP contribution is 2.42. The highest BCUT2D eigenvalue weighted by molar-refractivity contribution is 7.18. The Balaban J connectivity index is 2.21. The van der Waals surface area contributed by atoms with Crippen molar-refractivity contribution in [1.82, 2.24) is 9.55 Å². The van der Waals surface area contributed by atoms with E-state index in [4.69, 9.17) is 0 Å². The number of aryl methyl sites for hydroxylation is 2. The Bertz CT molecular complexity index is 819. The smallest absolute Gasteiger partial charge is 0.311 e. The van der Waals surface area contributed by atoms with E-state index in [1.165, 1.54) is 11.3 Å². The number of nitrogens with zero attached hydrogens (tertiary/aromatic N) is 2. The number of carboxylic acid groups (broad SMARTS) is 1. The molecule has 1 aliphatic carbocycles. The van der Waals surface area contributed by atoms with E-state index in [9.17, 15) is 14.7 Å². The minimum Gasteiger partial charge on any atom is -0.481 e. The third kappa shape index (κ3) is 2.69. The summed E-state index contributed by atoms with van der Waals surface area (Å²) in [5.41, 5.74) is 0.675. The molecule has 0 aromatic carbocycles. The lowest BCUT2D eigenvalue weighted by atomic mass is 10.0. The predicted octanol–water partition coefficient (Wildman–Crippen LogP) is 3.18. The van der Waals surface area contributed by atoms with Crippen molar-refractivity contribution in [3.8, 4) is 0 Å². The van der Waals surface area contributed by atoms with Gasteiger partial charge in [0.1, 0.15) is 10.7 Å². The molecule has 1 atom stereocenters. The molecule has 0 saturated carbocycles. The molecule has 0 spiro atoms. The topological polar surface area (TPSA) is 72.2 Å². The number of aliphatic carboxylic acids is 1. The van der Waals surface area contributed by atoms with Crippen molar-refractivity contribution in [2.24, 2.45) is 5.92 Å². The first kappa shape index (κ1) is 16.2. The van der Waals surface area contributed by atoms with Crippen LogP contribution in [0.25, 0.3) is 10.2 Å². The highest BCUT2D eigenvalue weighted by Gasteiger charge is 2.34. The number of hydrogen-bond donors (Lipinski definition) is 1. The van der Waals surface area contributed by atoms with Crippen molar-refractivity contribution in [3.05, 3.63) is 26.6 Å². The molecule has 2 heterocycles. The van der Waals surface area contributed by atoms with Crippen LogP contribution in [0.3, 0.4) is 0 Å². The van der Waals surface area contributed by atoms with Crippen LogP contribution in [0.2, 0.25) is 0 Å². The fourth-order valence-electron chi connectivity index (χ4n) is 3.30. The first-order valence-corrected chi connectivity index (χ1v) is 9.03. The van der Waals surface area contributed by atoms with Crippen molar-refractivity contribution < 1.29 is 9.90 Å². The molecule has 1 aliphatic rings. The van der Waals surface area contributed by atoms with Gasteiger partial charge in [-0.25, -0.2) is 4.98 Å². The van der Waals surface area contributed by atoms with Crippen molar-refractivity contribution in [2.45, 2.75) is 58.9 Å². The van der Waals surface area contributed by atoms with Crippen LogP contribution in [0.15, 0.2) is 4.79 Å². The molecule has 2 aromatic rings. The lowest BCUT2D eigenvalue weighted by Crippen LogP contribution is -2.26. The van der Waals surface area contributed by atoms with Gasteiger partial charge in [-0.15, -0.1) is 11.3 Å². The van der Waals surface area contributed by atoms with E-state index >= 15 is 0 Å². The summed E-state index contributed by atoms with van der Waals surface area (Å²) in [5.74, 6) is -0.0902. The van der Waals surface area contributed by atoms with Gasteiger partial charge in [-0.2, -0.15) is 0 Å². The van der Waals surface area contributed by atoms with Crippen molar-refractivity contribution in [2.75, 3.05) is 0 Å². The molecule has 5 nitrogen and oxygen atoms in total. The molecule has 0 bridgehead atoms. The van der Waals surface area contributed by atoms with Crippen molar-refractivity contribution >= 4 is 27.5 Å². The maximum atomic E-state index is 13.0. The minimum absolute atomic E-state index is 0.0573. The van der Waals surface area contributed by atoms with Crippen LogP contribution in [-0.4, -0.2) is 20.6 Å². The Labute approximate surface area is 139 Å². The molecule has 0 fully saturated rings. The zero-order valence-electron chi connectivity index (χ0n) is 13.8. The number of carbonyl (C=O) groups is 1. The Morgan fingerprint density at radius 2 is 2.22 bits per heavy atom. The summed E-state index contributed by atoms with van der Waals surface area (Å²) in [6, 6.07) is 0. The SMILES string of the molecule is CCc1nc2sc3c(c2c(=O)n1CCC(C)C)C(C(=O)O)CC3. The van der Waals surface area contributed by atoms with Crippen molar-refractivity contribution in [3.63, 3.8) is 0 Å². The van der Waals surface area contributed by atoms with Gasteiger partial charge in [0.25, 0.3) is 5.56 Å². The van der Waals surface area contributed by atoms with Crippen LogP contribution < -0.4 is 5.56 Å². The summed E-state index contributed by atoms with van der Waals surface area (Å²) in [7, 11) is 0. The maximum Gasteiger partial charge on any atom is 0.311 e. The Morgan fingerprint density at radius 1 is 1.48 bits per heavy atom. The summed E-state index contributed by atoms with van der Waals surface area (Å²) in [6.07, 6.45) is 2.94. The van der Waals surface area contributed by atoms with E-state index in [2.05, 4.69) is 18.8 Å². The normalized spacial score (nSPS) is 17.1. The number of fused-ring (bicyclic) bond motifs is 3. The molecule has 0 saturated heterocycles. The van der Waals surface area contributed by atoms with E-state index < -0.39 is 11.9 Å². The van der Waals surface area contributed by atoms with Gasteiger partial charge in [-0.1, -0.05) is 20.8 Å². The molecule has 124 valence electrons. The van der Waals surface area contributed by atoms with E-state index in [-0.39, 0.29) is 5.56 Å². The fraction of sp³-hybridized carbons (Fsp3) is 0.588. The molecule has 23 heavy (non-hydrogen) atoms. The van der Waals surface area contributed by atoms with Crippen LogP contribution in [0.5, 0.6) is 0 Å². The monoisotopic (exact) mass is 334 g/mol. The number of carboxylic acids is 1. The molecule has 6 heteroatoms. The number of aromatic nitrogens is 2. The predicted molar refractivity (Wildman–Crippen MR) is 91.4 cm³/mol. The lowest BCUT2D eigenvalue weighted by molar-refractivity contribution is -0.138. The van der Waals surface area contributed by atoms with E-state index in [1.807, 2.05) is 6.92 Å². The second-order valence-electron chi connectivity index (χ2n) is 6.57. The fourth-order valence-corrected chi connectivity index (χ4v) is 4.56. The quantitative estimate of drug-likeness (QED) is 0.911. The summed E-state index contributed by atoms with van der Waals surface area (Å²) in [6.45, 7) is 6.91. The molecule has 0 radical (unpaired) electrons. The maximum absolute atomic E-state index is 13.0. The zero-order valence-corrected chi connectivity index (χ0v) is 14.6. The van der Waals surface area contributed by atoms with E-state index in [1.54, 1.807) is 4.57 Å². The van der Waals surface area contributed by atoms with Gasteiger partial charge in [0.05, 0.1) is 11.3 Å². The third-order valence-electron chi connectivity index (χ3n) is 4.56. The Kier molecular flexibility index (Phi) is 4.27. The van der Waals surface area contributed by atoms with Gasteiger partial charge in [-0.05, 0) is 30.7 Å². The van der Waals surface area contributed by atoms with Crippen LogP contribution in [0.1, 0.15) is 55.8 Å². The summed E-state index contributed by atoms with van der Waals surface area (Å²) in [5, 5.41) is 10.0. The minimum atomic E-state index is -0.837. The van der Waals surface area contributed by atoms with Gasteiger partial charge in [-0.3, -0.25) is 14.2 Å². The molecule has 3 rings (SSSR count). The number of hydrogen-bond acceptors (Lipinski definition) is 4. The zero-order chi connectivity index (χ0) is 16.7. The molecule has 0 amide bonds. The average molecular weight is 334 g/mol. The Morgan fingerprint density at radius 3 is 2.83 bits per heavy atom.